The molecule has 1 heterocycles. The predicted molar refractivity (Wildman–Crippen MR) is 73.6 cm³/mol. The number of thiazole rings is 1. The van der Waals surface area contributed by atoms with Gasteiger partial charge in [-0.3, -0.25) is 0 Å². The summed E-state index contributed by atoms with van der Waals surface area (Å²) < 4.78 is 0. The minimum absolute atomic E-state index is 0.304. The normalized spacial score (nSPS) is 12.6. The number of aryl methyl sites for hydroxylation is 1. The summed E-state index contributed by atoms with van der Waals surface area (Å²) in [6.45, 7) is 4.97. The molecule has 0 fully saturated rings. The minimum Gasteiger partial charge on any atom is -0.305 e. The van der Waals surface area contributed by atoms with Crippen molar-refractivity contribution in [1.82, 2.24) is 10.3 Å². The van der Waals surface area contributed by atoms with Gasteiger partial charge in [0.05, 0.1) is 11.2 Å². The Morgan fingerprint density at radius 1 is 1.41 bits per heavy atom. The molecule has 1 aromatic carbocycles. The van der Waals surface area contributed by atoms with Crippen molar-refractivity contribution in [3.8, 4) is 0 Å². The molecule has 0 bridgehead atoms. The molecule has 2 aromatic rings. The van der Waals surface area contributed by atoms with Crippen molar-refractivity contribution in [2.24, 2.45) is 0 Å². The zero-order valence-electron chi connectivity index (χ0n) is 9.90. The maximum absolute atomic E-state index is 6.11. The summed E-state index contributed by atoms with van der Waals surface area (Å²) in [4.78, 5) is 5.55. The van der Waals surface area contributed by atoms with E-state index in [9.17, 15) is 0 Å². The minimum atomic E-state index is 0.304. The first kappa shape index (κ1) is 12.6. The fourth-order valence-electron chi connectivity index (χ4n) is 1.72. The third-order valence-corrected chi connectivity index (χ3v) is 4.21. The topological polar surface area (TPSA) is 24.9 Å². The average Bonchev–Trinajstić information content (AvgIpc) is 2.74. The van der Waals surface area contributed by atoms with Gasteiger partial charge in [0.25, 0.3) is 0 Å². The standard InChI is InChI=1S/C13H15ClN2S/c1-9(13-10(2)16-8-17-13)15-7-11-5-3-4-6-12(11)14/h3-6,8-9,15H,7H2,1-2H3. The summed E-state index contributed by atoms with van der Waals surface area (Å²) in [5.74, 6) is 0. The highest BCUT2D eigenvalue weighted by molar-refractivity contribution is 7.09. The largest absolute Gasteiger partial charge is 0.305 e. The first-order valence-corrected chi connectivity index (χ1v) is 6.81. The van der Waals surface area contributed by atoms with Crippen LogP contribution < -0.4 is 5.32 Å². The van der Waals surface area contributed by atoms with Crippen LogP contribution in [0.3, 0.4) is 0 Å². The first-order chi connectivity index (χ1) is 8.18. The predicted octanol–water partition coefficient (Wildman–Crippen LogP) is 3.96. The zero-order chi connectivity index (χ0) is 12.3. The van der Waals surface area contributed by atoms with Gasteiger partial charge >= 0.3 is 0 Å². The maximum Gasteiger partial charge on any atom is 0.0798 e. The van der Waals surface area contributed by atoms with Crippen LogP contribution in [0.2, 0.25) is 5.02 Å². The van der Waals surface area contributed by atoms with Gasteiger partial charge < -0.3 is 5.32 Å². The van der Waals surface area contributed by atoms with E-state index in [1.165, 1.54) is 4.88 Å². The molecule has 0 aliphatic carbocycles. The first-order valence-electron chi connectivity index (χ1n) is 5.55. The third-order valence-electron chi connectivity index (χ3n) is 2.73. The van der Waals surface area contributed by atoms with Crippen LogP contribution in [0.5, 0.6) is 0 Å². The molecule has 0 saturated carbocycles. The molecule has 2 nitrogen and oxygen atoms in total. The van der Waals surface area contributed by atoms with Gasteiger partial charge in [-0.1, -0.05) is 29.8 Å². The SMILES string of the molecule is Cc1ncsc1C(C)NCc1ccccc1Cl. The van der Waals surface area contributed by atoms with E-state index >= 15 is 0 Å². The number of rotatable bonds is 4. The molecule has 0 radical (unpaired) electrons. The number of halogens is 1. The second kappa shape index (κ2) is 5.63. The maximum atomic E-state index is 6.11. The van der Waals surface area contributed by atoms with Gasteiger partial charge in [-0.05, 0) is 25.5 Å². The number of hydrogen-bond donors (Lipinski definition) is 1. The fourth-order valence-corrected chi connectivity index (χ4v) is 2.76. The van der Waals surface area contributed by atoms with Gasteiger partial charge in [-0.15, -0.1) is 11.3 Å². The molecule has 1 N–H and O–H groups in total. The molecule has 0 saturated heterocycles. The van der Waals surface area contributed by atoms with Gasteiger partial charge in [0.15, 0.2) is 0 Å². The van der Waals surface area contributed by atoms with Gasteiger partial charge in [0.2, 0.25) is 0 Å². The Labute approximate surface area is 111 Å². The van der Waals surface area contributed by atoms with Crippen molar-refractivity contribution >= 4 is 22.9 Å². The summed E-state index contributed by atoms with van der Waals surface area (Å²) in [7, 11) is 0. The van der Waals surface area contributed by atoms with Crippen LogP contribution in [0.4, 0.5) is 0 Å². The highest BCUT2D eigenvalue weighted by Crippen LogP contribution is 2.22. The number of nitrogens with zero attached hydrogens (tertiary/aromatic N) is 1. The quantitative estimate of drug-likeness (QED) is 0.906. The molecule has 1 aromatic heterocycles. The van der Waals surface area contributed by atoms with E-state index < -0.39 is 0 Å². The molecular weight excluding hydrogens is 252 g/mol. The van der Waals surface area contributed by atoms with Crippen molar-refractivity contribution in [2.45, 2.75) is 26.4 Å². The molecule has 90 valence electrons. The van der Waals surface area contributed by atoms with Gasteiger partial charge in [0, 0.05) is 22.5 Å². The summed E-state index contributed by atoms with van der Waals surface area (Å²) in [6.07, 6.45) is 0. The van der Waals surface area contributed by atoms with E-state index in [1.54, 1.807) is 11.3 Å². The highest BCUT2D eigenvalue weighted by Gasteiger charge is 2.10. The second-order valence-electron chi connectivity index (χ2n) is 4.00. The van der Waals surface area contributed by atoms with Crippen molar-refractivity contribution < 1.29 is 0 Å². The van der Waals surface area contributed by atoms with Gasteiger partial charge in [-0.25, -0.2) is 4.98 Å². The highest BCUT2D eigenvalue weighted by atomic mass is 35.5. The van der Waals surface area contributed by atoms with Crippen LogP contribution >= 0.6 is 22.9 Å². The smallest absolute Gasteiger partial charge is 0.0798 e. The fraction of sp³-hybridized carbons (Fsp3) is 0.308. The van der Waals surface area contributed by atoms with Crippen LogP contribution in [0.15, 0.2) is 29.8 Å². The Morgan fingerprint density at radius 3 is 2.82 bits per heavy atom. The van der Waals surface area contributed by atoms with E-state index in [0.717, 1.165) is 22.8 Å². The lowest BCUT2D eigenvalue weighted by molar-refractivity contribution is 0.579. The van der Waals surface area contributed by atoms with Crippen molar-refractivity contribution in [1.29, 1.82) is 0 Å². The van der Waals surface area contributed by atoms with E-state index in [0.29, 0.717) is 6.04 Å². The van der Waals surface area contributed by atoms with E-state index in [2.05, 4.69) is 17.2 Å². The molecule has 2 rings (SSSR count). The number of hydrogen-bond acceptors (Lipinski definition) is 3. The van der Waals surface area contributed by atoms with Gasteiger partial charge in [0.1, 0.15) is 0 Å². The van der Waals surface area contributed by atoms with Crippen molar-refractivity contribution in [2.75, 3.05) is 0 Å². The third kappa shape index (κ3) is 3.06. The summed E-state index contributed by atoms with van der Waals surface area (Å²) in [6, 6.07) is 8.22. The Balaban J connectivity index is 2.00. The van der Waals surface area contributed by atoms with E-state index in [1.807, 2.05) is 36.7 Å². The molecule has 0 aliphatic rings. The van der Waals surface area contributed by atoms with E-state index in [-0.39, 0.29) is 0 Å². The number of nitrogens with one attached hydrogen (secondary N) is 1. The zero-order valence-corrected chi connectivity index (χ0v) is 11.5. The lowest BCUT2D eigenvalue weighted by Crippen LogP contribution is -2.18. The molecule has 0 amide bonds. The summed E-state index contributed by atoms with van der Waals surface area (Å²) in [5.41, 5.74) is 4.12. The monoisotopic (exact) mass is 266 g/mol. The van der Waals surface area contributed by atoms with Crippen LogP contribution in [0.1, 0.15) is 29.1 Å². The van der Waals surface area contributed by atoms with Crippen molar-refractivity contribution in [3.63, 3.8) is 0 Å². The van der Waals surface area contributed by atoms with Crippen molar-refractivity contribution in [3.05, 3.63) is 50.9 Å². The Hall–Kier alpha value is -0.900. The lowest BCUT2D eigenvalue weighted by atomic mass is 10.2. The Bertz CT molecular complexity index is 496. The van der Waals surface area contributed by atoms with Crippen LogP contribution in [0, 0.1) is 6.92 Å². The number of aromatic nitrogens is 1. The van der Waals surface area contributed by atoms with E-state index in [4.69, 9.17) is 11.6 Å². The Kier molecular flexibility index (Phi) is 4.15. The molecule has 1 atom stereocenters. The lowest BCUT2D eigenvalue weighted by Gasteiger charge is -2.13. The number of benzene rings is 1. The summed E-state index contributed by atoms with van der Waals surface area (Å²) >= 11 is 7.80. The summed E-state index contributed by atoms with van der Waals surface area (Å²) in [5, 5.41) is 4.28. The van der Waals surface area contributed by atoms with Gasteiger partial charge in [-0.2, -0.15) is 0 Å². The van der Waals surface area contributed by atoms with Crippen LogP contribution in [-0.4, -0.2) is 4.98 Å². The molecule has 1 unspecified atom stereocenters. The second-order valence-corrected chi connectivity index (χ2v) is 5.29. The molecule has 17 heavy (non-hydrogen) atoms. The molecule has 4 heteroatoms. The molecule has 0 spiro atoms. The molecular formula is C13H15ClN2S. The molecule has 0 aliphatic heterocycles. The Morgan fingerprint density at radius 2 is 2.18 bits per heavy atom. The average molecular weight is 267 g/mol. The van der Waals surface area contributed by atoms with Crippen LogP contribution in [-0.2, 0) is 6.54 Å². The van der Waals surface area contributed by atoms with Crippen LogP contribution in [0.25, 0.3) is 0 Å².